The Labute approximate surface area is 103 Å². The summed E-state index contributed by atoms with van der Waals surface area (Å²) >= 11 is 0. The first kappa shape index (κ1) is 15.7. The summed E-state index contributed by atoms with van der Waals surface area (Å²) in [6, 6.07) is 0. The van der Waals surface area contributed by atoms with E-state index >= 15 is 0 Å². The molecule has 4 nitrogen and oxygen atoms in total. The first-order chi connectivity index (χ1) is 8.16. The molecule has 0 aromatic carbocycles. The lowest BCUT2D eigenvalue weighted by atomic mass is 10.1. The molecule has 17 heavy (non-hydrogen) atoms. The molecule has 0 aliphatic carbocycles. The standard InChI is InChI=1S/C13H23NO3/c1-2-3-4-5-6-7-8-11-14-12(15)9-10-13(16)17/h8,11H,2-7,9-10H2,1H3,(H,14,15)(H,16,17)/b11-8+. The summed E-state index contributed by atoms with van der Waals surface area (Å²) in [7, 11) is 0. The third-order valence-corrected chi connectivity index (χ3v) is 2.40. The molecule has 0 unspecified atom stereocenters. The van der Waals surface area contributed by atoms with Gasteiger partial charge < -0.3 is 10.4 Å². The summed E-state index contributed by atoms with van der Waals surface area (Å²) in [6.45, 7) is 2.19. The van der Waals surface area contributed by atoms with E-state index in [1.807, 2.05) is 6.08 Å². The predicted molar refractivity (Wildman–Crippen MR) is 67.5 cm³/mol. The molecule has 0 atom stereocenters. The summed E-state index contributed by atoms with van der Waals surface area (Å²) < 4.78 is 0. The molecule has 0 saturated heterocycles. The van der Waals surface area contributed by atoms with Crippen molar-refractivity contribution in [2.24, 2.45) is 0 Å². The topological polar surface area (TPSA) is 66.4 Å². The third-order valence-electron chi connectivity index (χ3n) is 2.40. The maximum Gasteiger partial charge on any atom is 0.303 e. The van der Waals surface area contributed by atoms with Crippen LogP contribution in [0.3, 0.4) is 0 Å². The zero-order valence-electron chi connectivity index (χ0n) is 10.6. The molecule has 0 aromatic rings. The lowest BCUT2D eigenvalue weighted by molar-refractivity contribution is -0.138. The highest BCUT2D eigenvalue weighted by molar-refractivity contribution is 5.81. The Balaban J connectivity index is 3.34. The molecular formula is C13H23NO3. The lowest BCUT2D eigenvalue weighted by Gasteiger charge is -1.98. The van der Waals surface area contributed by atoms with Crippen molar-refractivity contribution in [2.45, 2.75) is 58.3 Å². The smallest absolute Gasteiger partial charge is 0.303 e. The van der Waals surface area contributed by atoms with Gasteiger partial charge in [-0.25, -0.2) is 0 Å². The number of hydrogen-bond donors (Lipinski definition) is 2. The van der Waals surface area contributed by atoms with Crippen molar-refractivity contribution in [1.82, 2.24) is 5.32 Å². The number of carboxylic acid groups (broad SMARTS) is 1. The minimum absolute atomic E-state index is 0.0379. The molecule has 0 fully saturated rings. The number of rotatable bonds is 10. The van der Waals surface area contributed by atoms with Crippen molar-refractivity contribution in [3.63, 3.8) is 0 Å². The monoisotopic (exact) mass is 241 g/mol. The van der Waals surface area contributed by atoms with Crippen LogP contribution in [0.4, 0.5) is 0 Å². The Hall–Kier alpha value is -1.32. The van der Waals surface area contributed by atoms with Crippen molar-refractivity contribution in [2.75, 3.05) is 0 Å². The van der Waals surface area contributed by atoms with E-state index in [-0.39, 0.29) is 18.7 Å². The van der Waals surface area contributed by atoms with E-state index in [0.29, 0.717) is 0 Å². The number of nitrogens with one attached hydrogen (secondary N) is 1. The maximum absolute atomic E-state index is 11.1. The number of carboxylic acids is 1. The largest absolute Gasteiger partial charge is 0.481 e. The molecule has 0 rings (SSSR count). The molecule has 0 saturated carbocycles. The van der Waals surface area contributed by atoms with Crippen LogP contribution in [0.2, 0.25) is 0 Å². The van der Waals surface area contributed by atoms with Crippen LogP contribution < -0.4 is 5.32 Å². The number of unbranched alkanes of at least 4 members (excludes halogenated alkanes) is 5. The number of carbonyl (C=O) groups is 2. The molecule has 0 spiro atoms. The Morgan fingerprint density at radius 3 is 2.47 bits per heavy atom. The molecule has 0 heterocycles. The Kier molecular flexibility index (Phi) is 10.3. The predicted octanol–water partition coefficient (Wildman–Crippen LogP) is 2.84. The van der Waals surface area contributed by atoms with Crippen LogP contribution in [-0.4, -0.2) is 17.0 Å². The minimum Gasteiger partial charge on any atom is -0.481 e. The first-order valence-electron chi connectivity index (χ1n) is 6.33. The number of carbonyl (C=O) groups excluding carboxylic acids is 1. The van der Waals surface area contributed by atoms with Crippen LogP contribution in [0.25, 0.3) is 0 Å². The van der Waals surface area contributed by atoms with E-state index in [2.05, 4.69) is 12.2 Å². The average molecular weight is 241 g/mol. The maximum atomic E-state index is 11.1. The fourth-order valence-electron chi connectivity index (χ4n) is 1.39. The lowest BCUT2D eigenvalue weighted by Crippen LogP contribution is -2.17. The average Bonchev–Trinajstić information content (AvgIpc) is 2.30. The normalized spacial score (nSPS) is 10.6. The first-order valence-corrected chi connectivity index (χ1v) is 6.33. The highest BCUT2D eigenvalue weighted by Crippen LogP contribution is 2.04. The van der Waals surface area contributed by atoms with Gasteiger partial charge >= 0.3 is 5.97 Å². The summed E-state index contributed by atoms with van der Waals surface area (Å²) in [4.78, 5) is 21.3. The van der Waals surface area contributed by atoms with Crippen LogP contribution in [0.1, 0.15) is 58.3 Å². The SMILES string of the molecule is CCCCCCC/C=C/NC(=O)CCC(=O)O. The number of amides is 1. The van der Waals surface area contributed by atoms with Crippen LogP contribution in [0.5, 0.6) is 0 Å². The second-order valence-corrected chi connectivity index (χ2v) is 4.07. The van der Waals surface area contributed by atoms with E-state index in [4.69, 9.17) is 5.11 Å². The molecule has 4 heteroatoms. The van der Waals surface area contributed by atoms with Crippen molar-refractivity contribution in [3.8, 4) is 0 Å². The Morgan fingerprint density at radius 1 is 1.12 bits per heavy atom. The van der Waals surface area contributed by atoms with Crippen LogP contribution in [0, 0.1) is 0 Å². The van der Waals surface area contributed by atoms with Gasteiger partial charge in [0.2, 0.25) is 5.91 Å². The molecule has 98 valence electrons. The van der Waals surface area contributed by atoms with Crippen LogP contribution in [-0.2, 0) is 9.59 Å². The van der Waals surface area contributed by atoms with Crippen molar-refractivity contribution >= 4 is 11.9 Å². The quantitative estimate of drug-likeness (QED) is 0.578. The van der Waals surface area contributed by atoms with Gasteiger partial charge in [0.1, 0.15) is 0 Å². The highest BCUT2D eigenvalue weighted by atomic mass is 16.4. The molecule has 0 aliphatic heterocycles. The summed E-state index contributed by atoms with van der Waals surface area (Å²) in [6.07, 6.45) is 10.6. The third kappa shape index (κ3) is 12.6. The van der Waals surface area contributed by atoms with Crippen LogP contribution >= 0.6 is 0 Å². The number of allylic oxidation sites excluding steroid dienone is 1. The van der Waals surface area contributed by atoms with Gasteiger partial charge in [0.15, 0.2) is 0 Å². The van der Waals surface area contributed by atoms with Gasteiger partial charge in [0.25, 0.3) is 0 Å². The molecule has 0 radical (unpaired) electrons. The van der Waals surface area contributed by atoms with Crippen molar-refractivity contribution in [1.29, 1.82) is 0 Å². The Morgan fingerprint density at radius 2 is 1.82 bits per heavy atom. The van der Waals surface area contributed by atoms with E-state index in [1.165, 1.54) is 25.7 Å². The second kappa shape index (κ2) is 11.2. The molecule has 0 aliphatic rings. The van der Waals surface area contributed by atoms with Gasteiger partial charge in [0.05, 0.1) is 6.42 Å². The van der Waals surface area contributed by atoms with Crippen molar-refractivity contribution < 1.29 is 14.7 Å². The van der Waals surface area contributed by atoms with Gasteiger partial charge in [-0.1, -0.05) is 38.7 Å². The van der Waals surface area contributed by atoms with E-state index in [9.17, 15) is 9.59 Å². The summed E-state index contributed by atoms with van der Waals surface area (Å²) in [5, 5.41) is 10.9. The van der Waals surface area contributed by atoms with E-state index in [0.717, 1.165) is 12.8 Å². The number of aliphatic carboxylic acids is 1. The van der Waals surface area contributed by atoms with Crippen LogP contribution in [0.15, 0.2) is 12.3 Å². The van der Waals surface area contributed by atoms with E-state index < -0.39 is 5.97 Å². The Bertz CT molecular complexity index is 249. The second-order valence-electron chi connectivity index (χ2n) is 4.07. The summed E-state index contributed by atoms with van der Waals surface area (Å²) in [5.74, 6) is -1.19. The zero-order chi connectivity index (χ0) is 12.9. The summed E-state index contributed by atoms with van der Waals surface area (Å²) in [5.41, 5.74) is 0. The molecule has 0 bridgehead atoms. The molecule has 0 aromatic heterocycles. The van der Waals surface area contributed by atoms with Gasteiger partial charge in [-0.15, -0.1) is 0 Å². The highest BCUT2D eigenvalue weighted by Gasteiger charge is 2.02. The number of hydrogen-bond acceptors (Lipinski definition) is 2. The minimum atomic E-state index is -0.944. The molecular weight excluding hydrogens is 218 g/mol. The zero-order valence-corrected chi connectivity index (χ0v) is 10.6. The van der Waals surface area contributed by atoms with Crippen molar-refractivity contribution in [3.05, 3.63) is 12.3 Å². The fraction of sp³-hybridized carbons (Fsp3) is 0.692. The molecule has 1 amide bonds. The van der Waals surface area contributed by atoms with Gasteiger partial charge in [-0.05, 0) is 19.0 Å². The fourth-order valence-corrected chi connectivity index (χ4v) is 1.39. The van der Waals surface area contributed by atoms with Gasteiger partial charge in [0, 0.05) is 6.42 Å². The molecule has 2 N–H and O–H groups in total. The van der Waals surface area contributed by atoms with Gasteiger partial charge in [-0.3, -0.25) is 9.59 Å². The van der Waals surface area contributed by atoms with E-state index in [1.54, 1.807) is 6.20 Å². The van der Waals surface area contributed by atoms with Gasteiger partial charge in [-0.2, -0.15) is 0 Å².